The molecule has 0 bridgehead atoms. The summed E-state index contributed by atoms with van der Waals surface area (Å²) < 4.78 is 27.6. The molecule has 0 saturated heterocycles. The minimum Gasteiger partial charge on any atom is -0.352 e. The van der Waals surface area contributed by atoms with E-state index >= 15 is 0 Å². The summed E-state index contributed by atoms with van der Waals surface area (Å²) in [7, 11) is 0. The van der Waals surface area contributed by atoms with Crippen molar-refractivity contribution in [3.63, 3.8) is 0 Å². The maximum atomic E-state index is 13.0. The lowest BCUT2D eigenvalue weighted by Gasteiger charge is -2.08. The minimum atomic E-state index is -0.844. The molecule has 0 aliphatic carbocycles. The second-order valence-corrected chi connectivity index (χ2v) is 3.79. The fraction of sp³-hybridized carbons (Fsp3) is 0.154. The predicted molar refractivity (Wildman–Crippen MR) is 66.1 cm³/mol. The lowest BCUT2D eigenvalue weighted by molar-refractivity contribution is 0.507. The molecule has 5 heteroatoms. The SMILES string of the molecule is C=CCn1ccnc1NCc1ccc(F)c(F)c1. The van der Waals surface area contributed by atoms with Crippen LogP contribution >= 0.6 is 0 Å². The second-order valence-electron chi connectivity index (χ2n) is 3.79. The Morgan fingerprint density at radius 3 is 2.89 bits per heavy atom. The van der Waals surface area contributed by atoms with Crippen molar-refractivity contribution >= 4 is 5.95 Å². The van der Waals surface area contributed by atoms with Crippen molar-refractivity contribution in [2.75, 3.05) is 5.32 Å². The number of hydrogen-bond donors (Lipinski definition) is 1. The Labute approximate surface area is 104 Å². The van der Waals surface area contributed by atoms with Crippen molar-refractivity contribution in [2.24, 2.45) is 0 Å². The van der Waals surface area contributed by atoms with Crippen LogP contribution in [0, 0.1) is 11.6 Å². The van der Waals surface area contributed by atoms with E-state index in [1.54, 1.807) is 12.3 Å². The van der Waals surface area contributed by atoms with Crippen LogP contribution in [0.1, 0.15) is 5.56 Å². The Hall–Kier alpha value is -2.17. The van der Waals surface area contributed by atoms with Crippen molar-refractivity contribution in [3.05, 3.63) is 60.4 Å². The number of hydrogen-bond acceptors (Lipinski definition) is 2. The molecule has 0 aliphatic heterocycles. The normalized spacial score (nSPS) is 10.3. The highest BCUT2D eigenvalue weighted by atomic mass is 19.2. The highest BCUT2D eigenvalue weighted by Gasteiger charge is 2.04. The third kappa shape index (κ3) is 2.74. The number of allylic oxidation sites excluding steroid dienone is 1. The van der Waals surface area contributed by atoms with E-state index in [1.807, 2.05) is 10.8 Å². The van der Waals surface area contributed by atoms with E-state index in [0.717, 1.165) is 6.07 Å². The van der Waals surface area contributed by atoms with E-state index in [0.29, 0.717) is 24.6 Å². The minimum absolute atomic E-state index is 0.380. The summed E-state index contributed by atoms with van der Waals surface area (Å²) in [5.74, 6) is -1.02. The molecule has 0 aliphatic rings. The van der Waals surface area contributed by atoms with E-state index < -0.39 is 11.6 Å². The zero-order chi connectivity index (χ0) is 13.0. The molecule has 1 heterocycles. The van der Waals surface area contributed by atoms with E-state index in [2.05, 4.69) is 16.9 Å². The maximum Gasteiger partial charge on any atom is 0.203 e. The van der Waals surface area contributed by atoms with E-state index in [9.17, 15) is 8.78 Å². The van der Waals surface area contributed by atoms with Crippen LogP contribution in [0.4, 0.5) is 14.7 Å². The third-order valence-corrected chi connectivity index (χ3v) is 2.48. The molecule has 1 aromatic heterocycles. The van der Waals surface area contributed by atoms with Gasteiger partial charge in [0.25, 0.3) is 0 Å². The molecule has 18 heavy (non-hydrogen) atoms. The van der Waals surface area contributed by atoms with Gasteiger partial charge >= 0.3 is 0 Å². The van der Waals surface area contributed by atoms with Crippen LogP contribution in [-0.2, 0) is 13.1 Å². The maximum absolute atomic E-state index is 13.0. The van der Waals surface area contributed by atoms with Crippen molar-refractivity contribution in [1.29, 1.82) is 0 Å². The van der Waals surface area contributed by atoms with Crippen LogP contribution in [0.15, 0.2) is 43.2 Å². The Bertz CT molecular complexity index is 549. The Kier molecular flexibility index (Phi) is 3.72. The van der Waals surface area contributed by atoms with E-state index in [4.69, 9.17) is 0 Å². The first-order valence-electron chi connectivity index (χ1n) is 5.50. The van der Waals surface area contributed by atoms with E-state index in [1.165, 1.54) is 12.1 Å². The molecule has 3 nitrogen and oxygen atoms in total. The van der Waals surface area contributed by atoms with Gasteiger partial charge in [-0.3, -0.25) is 0 Å². The van der Waals surface area contributed by atoms with Crippen molar-refractivity contribution in [1.82, 2.24) is 9.55 Å². The molecular weight excluding hydrogens is 236 g/mol. The molecule has 0 fully saturated rings. The number of halogens is 2. The molecule has 2 aromatic rings. The van der Waals surface area contributed by atoms with Crippen LogP contribution in [0.5, 0.6) is 0 Å². The highest BCUT2D eigenvalue weighted by molar-refractivity contribution is 5.29. The second kappa shape index (κ2) is 5.44. The number of rotatable bonds is 5. The van der Waals surface area contributed by atoms with Crippen LogP contribution in [0.3, 0.4) is 0 Å². The van der Waals surface area contributed by atoms with Gasteiger partial charge in [-0.25, -0.2) is 13.8 Å². The van der Waals surface area contributed by atoms with E-state index in [-0.39, 0.29) is 0 Å². The zero-order valence-electron chi connectivity index (χ0n) is 9.74. The number of nitrogens with zero attached hydrogens (tertiary/aromatic N) is 2. The average molecular weight is 249 g/mol. The molecule has 0 unspecified atom stereocenters. The molecule has 0 amide bonds. The van der Waals surface area contributed by atoms with Gasteiger partial charge < -0.3 is 9.88 Å². The van der Waals surface area contributed by atoms with Gasteiger partial charge in [0.05, 0.1) is 0 Å². The first-order valence-corrected chi connectivity index (χ1v) is 5.50. The van der Waals surface area contributed by atoms with Gasteiger partial charge in [-0.1, -0.05) is 12.1 Å². The van der Waals surface area contributed by atoms with Crippen molar-refractivity contribution in [3.8, 4) is 0 Å². The smallest absolute Gasteiger partial charge is 0.203 e. The van der Waals surface area contributed by atoms with Crippen molar-refractivity contribution in [2.45, 2.75) is 13.1 Å². The molecule has 0 spiro atoms. The van der Waals surface area contributed by atoms with Crippen molar-refractivity contribution < 1.29 is 8.78 Å². The summed E-state index contributed by atoms with van der Waals surface area (Å²) in [6, 6.07) is 3.82. The Morgan fingerprint density at radius 2 is 2.17 bits per heavy atom. The van der Waals surface area contributed by atoms with Gasteiger partial charge in [-0.05, 0) is 17.7 Å². The van der Waals surface area contributed by atoms with Crippen LogP contribution in [-0.4, -0.2) is 9.55 Å². The predicted octanol–water partition coefficient (Wildman–Crippen LogP) is 2.96. The zero-order valence-corrected chi connectivity index (χ0v) is 9.74. The van der Waals surface area contributed by atoms with Gasteiger partial charge in [0.2, 0.25) is 5.95 Å². The number of anilines is 1. The van der Waals surface area contributed by atoms with Crippen LogP contribution in [0.2, 0.25) is 0 Å². The summed E-state index contributed by atoms with van der Waals surface area (Å²) in [5, 5.41) is 3.06. The Balaban J connectivity index is 2.04. The largest absolute Gasteiger partial charge is 0.352 e. The third-order valence-electron chi connectivity index (χ3n) is 2.48. The first-order chi connectivity index (χ1) is 8.70. The van der Waals surface area contributed by atoms with Crippen LogP contribution < -0.4 is 5.32 Å². The van der Waals surface area contributed by atoms with Gasteiger partial charge in [-0.2, -0.15) is 0 Å². The monoisotopic (exact) mass is 249 g/mol. The Morgan fingerprint density at radius 1 is 1.33 bits per heavy atom. The van der Waals surface area contributed by atoms with Gasteiger partial charge in [0, 0.05) is 25.5 Å². The standard InChI is InChI=1S/C13H13F2N3/c1-2-6-18-7-5-16-13(18)17-9-10-3-4-11(14)12(15)8-10/h2-5,7-8H,1,6,9H2,(H,16,17). The van der Waals surface area contributed by atoms with Crippen LogP contribution in [0.25, 0.3) is 0 Å². The lowest BCUT2D eigenvalue weighted by Crippen LogP contribution is -2.07. The highest BCUT2D eigenvalue weighted by Crippen LogP contribution is 2.11. The molecule has 1 N–H and O–H groups in total. The fourth-order valence-electron chi connectivity index (χ4n) is 1.59. The summed E-state index contributed by atoms with van der Waals surface area (Å²) >= 11 is 0. The number of aromatic nitrogens is 2. The molecule has 0 atom stereocenters. The topological polar surface area (TPSA) is 29.9 Å². The lowest BCUT2D eigenvalue weighted by atomic mass is 10.2. The quantitative estimate of drug-likeness (QED) is 0.826. The summed E-state index contributed by atoms with van der Waals surface area (Å²) in [6.07, 6.45) is 5.23. The number of nitrogens with one attached hydrogen (secondary N) is 1. The molecule has 0 saturated carbocycles. The summed E-state index contributed by atoms with van der Waals surface area (Å²) in [5.41, 5.74) is 0.655. The molecule has 0 radical (unpaired) electrons. The van der Waals surface area contributed by atoms with Gasteiger partial charge in [-0.15, -0.1) is 6.58 Å². The van der Waals surface area contributed by atoms with Gasteiger partial charge in [0.1, 0.15) is 0 Å². The number of imidazole rings is 1. The first kappa shape index (κ1) is 12.3. The molecular formula is C13H13F2N3. The molecule has 2 rings (SSSR count). The fourth-order valence-corrected chi connectivity index (χ4v) is 1.59. The van der Waals surface area contributed by atoms with Gasteiger partial charge in [0.15, 0.2) is 11.6 Å². The number of benzene rings is 1. The molecule has 94 valence electrons. The summed E-state index contributed by atoms with van der Waals surface area (Å²) in [4.78, 5) is 4.13. The average Bonchev–Trinajstić information content (AvgIpc) is 2.79. The summed E-state index contributed by atoms with van der Waals surface area (Å²) in [6.45, 7) is 4.67. The molecule has 1 aromatic carbocycles.